The normalized spacial score (nSPS) is 17.8. The van der Waals surface area contributed by atoms with E-state index in [1.165, 1.54) is 0 Å². The first-order valence-corrected chi connectivity index (χ1v) is 9.31. The summed E-state index contributed by atoms with van der Waals surface area (Å²) in [6, 6.07) is 7.12. The number of hydrogen-bond acceptors (Lipinski definition) is 3. The molecule has 2 heterocycles. The van der Waals surface area contributed by atoms with E-state index in [2.05, 4.69) is 10.4 Å². The van der Waals surface area contributed by atoms with E-state index in [1.54, 1.807) is 27.9 Å². The van der Waals surface area contributed by atoms with Gasteiger partial charge in [-0.25, -0.2) is 4.79 Å². The minimum absolute atomic E-state index is 0.0618. The molecule has 2 amide bonds. The molecule has 1 saturated heterocycles. The zero-order valence-corrected chi connectivity index (χ0v) is 15.9. The maximum Gasteiger partial charge on any atom is 0.317 e. The van der Waals surface area contributed by atoms with Gasteiger partial charge in [-0.15, -0.1) is 0 Å². The number of carbonyl (C=O) groups excluding carboxylic acids is 1. The largest absolute Gasteiger partial charge is 0.385 e. The summed E-state index contributed by atoms with van der Waals surface area (Å²) in [4.78, 5) is 14.4. The summed E-state index contributed by atoms with van der Waals surface area (Å²) in [6.07, 6.45) is 5.51. The van der Waals surface area contributed by atoms with Crippen molar-refractivity contribution in [2.45, 2.75) is 37.8 Å². The van der Waals surface area contributed by atoms with Gasteiger partial charge < -0.3 is 15.3 Å². The van der Waals surface area contributed by atoms with Crippen LogP contribution in [-0.2, 0) is 12.6 Å². The minimum Gasteiger partial charge on any atom is -0.385 e. The summed E-state index contributed by atoms with van der Waals surface area (Å²) in [5, 5.41) is 18.8. The van der Waals surface area contributed by atoms with Crippen molar-refractivity contribution < 1.29 is 9.90 Å². The number of rotatable bonds is 4. The van der Waals surface area contributed by atoms with Crippen LogP contribution in [0.25, 0.3) is 0 Å². The molecule has 26 heavy (non-hydrogen) atoms. The average molecular weight is 377 g/mol. The third kappa shape index (κ3) is 4.02. The highest BCUT2D eigenvalue weighted by Gasteiger charge is 2.35. The van der Waals surface area contributed by atoms with Crippen LogP contribution in [0.1, 0.15) is 43.4 Å². The van der Waals surface area contributed by atoms with Gasteiger partial charge in [-0.1, -0.05) is 30.7 Å². The first kappa shape index (κ1) is 18.7. The van der Waals surface area contributed by atoms with E-state index in [4.69, 9.17) is 11.6 Å². The third-order valence-corrected chi connectivity index (χ3v) is 5.34. The molecule has 0 unspecified atom stereocenters. The molecule has 0 radical (unpaired) electrons. The molecule has 1 atom stereocenters. The Morgan fingerprint density at radius 1 is 1.35 bits per heavy atom. The maximum absolute atomic E-state index is 12.6. The summed E-state index contributed by atoms with van der Waals surface area (Å²) in [7, 11) is 1.86. The number of aromatic nitrogens is 2. The molecule has 2 N–H and O–H groups in total. The Kier molecular flexibility index (Phi) is 5.53. The van der Waals surface area contributed by atoms with Crippen LogP contribution in [0.4, 0.5) is 4.79 Å². The third-order valence-electron chi connectivity index (χ3n) is 5.09. The molecule has 1 aliphatic rings. The molecule has 0 saturated carbocycles. The average Bonchev–Trinajstić information content (AvgIpc) is 3.06. The molecule has 3 rings (SSSR count). The Hall–Kier alpha value is -2.05. The van der Waals surface area contributed by atoms with Crippen LogP contribution in [0, 0.1) is 0 Å². The second-order valence-corrected chi connectivity index (χ2v) is 7.32. The van der Waals surface area contributed by atoms with Crippen molar-refractivity contribution in [3.05, 3.63) is 52.8 Å². The van der Waals surface area contributed by atoms with Gasteiger partial charge in [-0.2, -0.15) is 5.10 Å². The highest BCUT2D eigenvalue weighted by Crippen LogP contribution is 2.33. The minimum atomic E-state index is -0.908. The van der Waals surface area contributed by atoms with E-state index in [1.807, 2.05) is 32.3 Å². The number of amides is 2. The second-order valence-electron chi connectivity index (χ2n) is 6.88. The molecule has 6 nitrogen and oxygen atoms in total. The van der Waals surface area contributed by atoms with Crippen LogP contribution in [0.15, 0.2) is 36.7 Å². The van der Waals surface area contributed by atoms with Crippen LogP contribution < -0.4 is 5.32 Å². The lowest BCUT2D eigenvalue weighted by Gasteiger charge is -2.39. The van der Waals surface area contributed by atoms with Crippen LogP contribution in [0.3, 0.4) is 0 Å². The SMILES string of the molecule is CC[C@H](NC(=O)N1CCC(O)(c2ccc(Cl)cc2)CC1)c1cnn(C)c1. The fourth-order valence-corrected chi connectivity index (χ4v) is 3.54. The van der Waals surface area contributed by atoms with Gasteiger partial charge in [0.15, 0.2) is 0 Å². The van der Waals surface area contributed by atoms with E-state index in [0.29, 0.717) is 31.0 Å². The molecule has 0 aliphatic carbocycles. The van der Waals surface area contributed by atoms with Crippen molar-refractivity contribution >= 4 is 17.6 Å². The zero-order valence-electron chi connectivity index (χ0n) is 15.2. The molecule has 1 aromatic carbocycles. The van der Waals surface area contributed by atoms with Crippen molar-refractivity contribution in [3.63, 3.8) is 0 Å². The summed E-state index contributed by atoms with van der Waals surface area (Å²) in [5.41, 5.74) is 0.941. The first-order chi connectivity index (χ1) is 12.4. The fraction of sp³-hybridized carbons (Fsp3) is 0.474. The zero-order chi connectivity index (χ0) is 18.7. The Morgan fingerprint density at radius 3 is 2.54 bits per heavy atom. The Balaban J connectivity index is 1.60. The monoisotopic (exact) mass is 376 g/mol. The van der Waals surface area contributed by atoms with Gasteiger partial charge in [0.05, 0.1) is 17.8 Å². The summed E-state index contributed by atoms with van der Waals surface area (Å²) >= 11 is 5.93. The molecule has 1 aliphatic heterocycles. The number of hydrogen-bond donors (Lipinski definition) is 2. The highest BCUT2D eigenvalue weighted by atomic mass is 35.5. The molecule has 140 valence electrons. The van der Waals surface area contributed by atoms with Gasteiger partial charge in [0.2, 0.25) is 0 Å². The van der Waals surface area contributed by atoms with E-state index in [-0.39, 0.29) is 12.1 Å². The standard InChI is InChI=1S/C19H25ClN4O2/c1-3-17(14-12-21-23(2)13-14)22-18(25)24-10-8-19(26,9-11-24)15-4-6-16(20)7-5-15/h4-7,12-13,17,26H,3,8-11H2,1-2H3,(H,22,25)/t17-/m0/s1. The fourth-order valence-electron chi connectivity index (χ4n) is 3.41. The number of benzene rings is 1. The number of halogens is 1. The number of aryl methyl sites for hydroxylation is 1. The number of carbonyl (C=O) groups is 1. The van der Waals surface area contributed by atoms with E-state index in [9.17, 15) is 9.90 Å². The molecule has 0 bridgehead atoms. The summed E-state index contributed by atoms with van der Waals surface area (Å²) in [6.45, 7) is 3.05. The van der Waals surface area contributed by atoms with Crippen LogP contribution in [0.2, 0.25) is 5.02 Å². The van der Waals surface area contributed by atoms with Crippen molar-refractivity contribution in [1.82, 2.24) is 20.0 Å². The lowest BCUT2D eigenvalue weighted by atomic mass is 9.84. The molecular formula is C19H25ClN4O2. The van der Waals surface area contributed by atoms with Gasteiger partial charge in [-0.3, -0.25) is 4.68 Å². The topological polar surface area (TPSA) is 70.4 Å². The molecule has 0 spiro atoms. The predicted molar refractivity (Wildman–Crippen MR) is 101 cm³/mol. The van der Waals surface area contributed by atoms with Gasteiger partial charge in [0.1, 0.15) is 0 Å². The number of likely N-dealkylation sites (tertiary alicyclic amines) is 1. The van der Waals surface area contributed by atoms with Crippen LogP contribution >= 0.6 is 11.6 Å². The summed E-state index contributed by atoms with van der Waals surface area (Å²) < 4.78 is 1.73. The Morgan fingerprint density at radius 2 is 2.00 bits per heavy atom. The van der Waals surface area contributed by atoms with Gasteiger partial charge in [-0.05, 0) is 37.0 Å². The smallest absolute Gasteiger partial charge is 0.317 e. The van der Waals surface area contributed by atoms with Crippen LogP contribution in [0.5, 0.6) is 0 Å². The number of piperidine rings is 1. The molecule has 1 aromatic heterocycles. The lowest BCUT2D eigenvalue weighted by molar-refractivity contribution is -0.0170. The Labute approximate surface area is 158 Å². The number of aliphatic hydroxyl groups is 1. The van der Waals surface area contributed by atoms with Crippen LogP contribution in [-0.4, -0.2) is 38.9 Å². The van der Waals surface area contributed by atoms with Crippen molar-refractivity contribution in [2.24, 2.45) is 7.05 Å². The first-order valence-electron chi connectivity index (χ1n) is 8.93. The van der Waals surface area contributed by atoms with Crippen molar-refractivity contribution in [1.29, 1.82) is 0 Å². The number of urea groups is 1. The predicted octanol–water partition coefficient (Wildman–Crippen LogP) is 3.22. The number of nitrogens with zero attached hydrogens (tertiary/aromatic N) is 3. The maximum atomic E-state index is 12.6. The van der Waals surface area contributed by atoms with Crippen molar-refractivity contribution in [3.8, 4) is 0 Å². The van der Waals surface area contributed by atoms with E-state index in [0.717, 1.165) is 17.5 Å². The molecule has 1 fully saturated rings. The lowest BCUT2D eigenvalue weighted by Crippen LogP contribution is -2.49. The highest BCUT2D eigenvalue weighted by molar-refractivity contribution is 6.30. The van der Waals surface area contributed by atoms with Gasteiger partial charge in [0, 0.05) is 36.9 Å². The van der Waals surface area contributed by atoms with Gasteiger partial charge in [0.25, 0.3) is 0 Å². The molecular weight excluding hydrogens is 352 g/mol. The van der Waals surface area contributed by atoms with Gasteiger partial charge >= 0.3 is 6.03 Å². The van der Waals surface area contributed by atoms with E-state index < -0.39 is 5.60 Å². The number of nitrogens with one attached hydrogen (secondary N) is 1. The van der Waals surface area contributed by atoms with Crippen molar-refractivity contribution in [2.75, 3.05) is 13.1 Å². The summed E-state index contributed by atoms with van der Waals surface area (Å²) in [5.74, 6) is 0. The molecule has 7 heteroatoms. The molecule has 2 aromatic rings. The quantitative estimate of drug-likeness (QED) is 0.860. The second kappa shape index (κ2) is 7.68. The van der Waals surface area contributed by atoms with E-state index >= 15 is 0 Å². The Bertz CT molecular complexity index is 751.